The van der Waals surface area contributed by atoms with Gasteiger partial charge in [-0.25, -0.2) is 9.18 Å². The fourth-order valence-electron chi connectivity index (χ4n) is 3.06. The SMILES string of the molecule is CC1(c2ccc(F)cc2)NC(=O)N(CC(=O)NCC(N)c2ccccc2)C1=O.Cl. The molecule has 0 aliphatic carbocycles. The first-order valence-electron chi connectivity index (χ1n) is 8.78. The Hall–Kier alpha value is -2.97. The number of benzene rings is 2. The smallest absolute Gasteiger partial charge is 0.325 e. The molecule has 0 spiro atoms. The highest BCUT2D eigenvalue weighted by molar-refractivity contribution is 6.09. The molecular weight excluding hydrogens is 399 g/mol. The fraction of sp³-hybridized carbons (Fsp3) is 0.250. The highest BCUT2D eigenvalue weighted by atomic mass is 35.5. The van der Waals surface area contributed by atoms with Crippen LogP contribution in [0.2, 0.25) is 0 Å². The summed E-state index contributed by atoms with van der Waals surface area (Å²) >= 11 is 0. The van der Waals surface area contributed by atoms with Crippen LogP contribution in [-0.4, -0.2) is 35.8 Å². The van der Waals surface area contributed by atoms with Crippen LogP contribution in [0.3, 0.4) is 0 Å². The normalized spacial score (nSPS) is 19.3. The Balaban J connectivity index is 0.00000300. The molecule has 1 aliphatic heterocycles. The zero-order valence-electron chi connectivity index (χ0n) is 15.7. The number of hydrogen-bond acceptors (Lipinski definition) is 4. The second kappa shape index (κ2) is 9.02. The lowest BCUT2D eigenvalue weighted by molar-refractivity contribution is -0.134. The summed E-state index contributed by atoms with van der Waals surface area (Å²) in [5.41, 5.74) is 5.97. The van der Waals surface area contributed by atoms with E-state index in [1.165, 1.54) is 31.2 Å². The van der Waals surface area contributed by atoms with E-state index >= 15 is 0 Å². The van der Waals surface area contributed by atoms with Gasteiger partial charge in [-0.05, 0) is 30.2 Å². The minimum absolute atomic E-state index is 0. The van der Waals surface area contributed by atoms with E-state index in [9.17, 15) is 18.8 Å². The van der Waals surface area contributed by atoms with Crippen LogP contribution in [0.15, 0.2) is 54.6 Å². The summed E-state index contributed by atoms with van der Waals surface area (Å²) < 4.78 is 13.1. The summed E-state index contributed by atoms with van der Waals surface area (Å²) in [6.45, 7) is 1.26. The van der Waals surface area contributed by atoms with Gasteiger partial charge < -0.3 is 16.4 Å². The molecule has 7 nitrogen and oxygen atoms in total. The Morgan fingerprint density at radius 2 is 1.79 bits per heavy atom. The average Bonchev–Trinajstić information content (AvgIpc) is 2.91. The van der Waals surface area contributed by atoms with Gasteiger partial charge in [-0.2, -0.15) is 0 Å². The Morgan fingerprint density at radius 3 is 2.41 bits per heavy atom. The largest absolute Gasteiger partial charge is 0.353 e. The summed E-state index contributed by atoms with van der Waals surface area (Å²) in [7, 11) is 0. The molecule has 2 atom stereocenters. The van der Waals surface area contributed by atoms with Crippen molar-refractivity contribution in [1.29, 1.82) is 0 Å². The molecule has 4 amide bonds. The lowest BCUT2D eigenvalue weighted by atomic mass is 9.92. The molecular formula is C20H22ClFN4O3. The van der Waals surface area contributed by atoms with Crippen LogP contribution >= 0.6 is 12.4 Å². The van der Waals surface area contributed by atoms with Crippen molar-refractivity contribution >= 4 is 30.3 Å². The first-order valence-corrected chi connectivity index (χ1v) is 8.78. The van der Waals surface area contributed by atoms with Gasteiger partial charge in [0.15, 0.2) is 0 Å². The third-order valence-corrected chi connectivity index (χ3v) is 4.75. The number of hydrogen-bond donors (Lipinski definition) is 3. The lowest BCUT2D eigenvalue weighted by Crippen LogP contribution is -2.44. The Kier molecular flexibility index (Phi) is 6.94. The van der Waals surface area contributed by atoms with Crippen molar-refractivity contribution in [2.24, 2.45) is 5.73 Å². The van der Waals surface area contributed by atoms with Crippen molar-refractivity contribution in [2.45, 2.75) is 18.5 Å². The first-order chi connectivity index (χ1) is 13.3. The number of carbonyl (C=O) groups is 3. The summed E-state index contributed by atoms with van der Waals surface area (Å²) in [6.07, 6.45) is 0. The number of urea groups is 1. The van der Waals surface area contributed by atoms with E-state index in [0.29, 0.717) is 5.56 Å². The van der Waals surface area contributed by atoms with Crippen LogP contribution < -0.4 is 16.4 Å². The molecule has 4 N–H and O–H groups in total. The molecule has 2 aromatic rings. The third kappa shape index (κ3) is 4.72. The monoisotopic (exact) mass is 420 g/mol. The van der Waals surface area contributed by atoms with Crippen LogP contribution in [0, 0.1) is 5.82 Å². The van der Waals surface area contributed by atoms with Gasteiger partial charge in [0.05, 0.1) is 0 Å². The van der Waals surface area contributed by atoms with E-state index in [-0.39, 0.29) is 19.0 Å². The van der Waals surface area contributed by atoms with E-state index in [2.05, 4.69) is 10.6 Å². The quantitative estimate of drug-likeness (QED) is 0.620. The second-order valence-corrected chi connectivity index (χ2v) is 6.77. The van der Waals surface area contributed by atoms with Crippen LogP contribution in [0.1, 0.15) is 24.1 Å². The number of imide groups is 1. The minimum atomic E-state index is -1.36. The lowest BCUT2D eigenvalue weighted by Gasteiger charge is -2.22. The van der Waals surface area contributed by atoms with Gasteiger partial charge in [-0.15, -0.1) is 12.4 Å². The van der Waals surface area contributed by atoms with E-state index in [0.717, 1.165) is 10.5 Å². The van der Waals surface area contributed by atoms with Crippen molar-refractivity contribution in [3.8, 4) is 0 Å². The van der Waals surface area contributed by atoms with Crippen LogP contribution in [0.25, 0.3) is 0 Å². The van der Waals surface area contributed by atoms with Crippen molar-refractivity contribution in [2.75, 3.05) is 13.1 Å². The standard InChI is InChI=1S/C20H21FN4O3.ClH/c1-20(14-7-9-15(21)10-8-14)18(27)25(19(28)24-20)12-17(26)23-11-16(22)13-5-3-2-4-6-13;/h2-10,16H,11-12,22H2,1H3,(H,23,26)(H,24,28);1H. The van der Waals surface area contributed by atoms with Gasteiger partial charge in [0.1, 0.15) is 17.9 Å². The Labute approximate surface area is 173 Å². The second-order valence-electron chi connectivity index (χ2n) is 6.77. The molecule has 0 bridgehead atoms. The molecule has 0 radical (unpaired) electrons. The molecule has 2 aromatic carbocycles. The van der Waals surface area contributed by atoms with Gasteiger partial charge in [0.2, 0.25) is 5.91 Å². The minimum Gasteiger partial charge on any atom is -0.353 e. The predicted molar refractivity (Wildman–Crippen MR) is 108 cm³/mol. The summed E-state index contributed by atoms with van der Waals surface area (Å²) in [5.74, 6) is -1.53. The number of amides is 4. The number of halogens is 2. The highest BCUT2D eigenvalue weighted by Crippen LogP contribution is 2.28. The van der Waals surface area contributed by atoms with Crippen LogP contribution in [0.5, 0.6) is 0 Å². The molecule has 1 heterocycles. The maximum atomic E-state index is 13.1. The fourth-order valence-corrected chi connectivity index (χ4v) is 3.06. The molecule has 0 aromatic heterocycles. The zero-order valence-corrected chi connectivity index (χ0v) is 16.5. The number of nitrogens with zero attached hydrogens (tertiary/aromatic N) is 1. The van der Waals surface area contributed by atoms with Crippen molar-refractivity contribution < 1.29 is 18.8 Å². The van der Waals surface area contributed by atoms with Gasteiger partial charge in [-0.1, -0.05) is 42.5 Å². The highest BCUT2D eigenvalue weighted by Gasteiger charge is 2.49. The van der Waals surface area contributed by atoms with Gasteiger partial charge in [0, 0.05) is 12.6 Å². The number of nitrogens with two attached hydrogens (primary N) is 1. The van der Waals surface area contributed by atoms with E-state index in [1.54, 1.807) is 0 Å². The van der Waals surface area contributed by atoms with E-state index in [1.807, 2.05) is 30.3 Å². The van der Waals surface area contributed by atoms with Crippen molar-refractivity contribution in [1.82, 2.24) is 15.5 Å². The van der Waals surface area contributed by atoms with Gasteiger partial charge in [-0.3, -0.25) is 14.5 Å². The molecule has 29 heavy (non-hydrogen) atoms. The zero-order chi connectivity index (χ0) is 20.3. The van der Waals surface area contributed by atoms with Gasteiger partial charge in [0.25, 0.3) is 5.91 Å². The first kappa shape index (κ1) is 22.3. The van der Waals surface area contributed by atoms with Crippen molar-refractivity contribution in [3.05, 3.63) is 71.5 Å². The number of nitrogens with one attached hydrogen (secondary N) is 2. The third-order valence-electron chi connectivity index (χ3n) is 4.75. The molecule has 3 rings (SSSR count). The van der Waals surface area contributed by atoms with E-state index < -0.39 is 41.8 Å². The van der Waals surface area contributed by atoms with Gasteiger partial charge >= 0.3 is 6.03 Å². The maximum absolute atomic E-state index is 13.1. The molecule has 0 saturated carbocycles. The Morgan fingerprint density at radius 1 is 1.17 bits per heavy atom. The van der Waals surface area contributed by atoms with Crippen LogP contribution in [0.4, 0.5) is 9.18 Å². The number of carbonyl (C=O) groups excluding carboxylic acids is 3. The number of rotatable bonds is 6. The maximum Gasteiger partial charge on any atom is 0.325 e. The summed E-state index contributed by atoms with van der Waals surface area (Å²) in [5, 5.41) is 5.21. The Bertz CT molecular complexity index is 894. The van der Waals surface area contributed by atoms with Crippen LogP contribution in [-0.2, 0) is 15.1 Å². The molecule has 1 saturated heterocycles. The van der Waals surface area contributed by atoms with Crippen molar-refractivity contribution in [3.63, 3.8) is 0 Å². The predicted octanol–water partition coefficient (Wildman–Crippen LogP) is 1.83. The molecule has 1 fully saturated rings. The average molecular weight is 421 g/mol. The molecule has 154 valence electrons. The molecule has 2 unspecified atom stereocenters. The molecule has 1 aliphatic rings. The summed E-state index contributed by atoms with van der Waals surface area (Å²) in [4.78, 5) is 38.1. The van der Waals surface area contributed by atoms with E-state index in [4.69, 9.17) is 5.73 Å². The molecule has 9 heteroatoms. The summed E-state index contributed by atoms with van der Waals surface area (Å²) in [6, 6.07) is 13.4. The topological polar surface area (TPSA) is 105 Å².